The van der Waals surface area contributed by atoms with E-state index in [0.29, 0.717) is 6.07 Å². The quantitative estimate of drug-likeness (QED) is 0.464. The molecule has 1 aromatic heterocycles. The summed E-state index contributed by atoms with van der Waals surface area (Å²) in [5, 5.41) is 10.3. The van der Waals surface area contributed by atoms with E-state index in [0.717, 1.165) is 0 Å². The Labute approximate surface area is 86.8 Å². The summed E-state index contributed by atoms with van der Waals surface area (Å²) in [5.41, 5.74) is -1.23. The molecule has 1 rings (SSSR count). The first-order valence-electron chi connectivity index (χ1n) is 3.65. The summed E-state index contributed by atoms with van der Waals surface area (Å²) in [6, 6.07) is 0.708. The highest BCUT2D eigenvalue weighted by Gasteiger charge is 2.26. The summed E-state index contributed by atoms with van der Waals surface area (Å²) < 4.78 is 37.6. The molecule has 0 aliphatic rings. The van der Waals surface area contributed by atoms with Crippen molar-refractivity contribution in [1.29, 1.82) is 0 Å². The monoisotopic (exact) mass is 240 g/mol. The number of aromatic nitrogens is 1. The molecule has 0 N–H and O–H groups in total. The fourth-order valence-corrected chi connectivity index (χ4v) is 1.07. The molecule has 0 spiro atoms. The number of pyridine rings is 1. The molecule has 0 aliphatic heterocycles. The average molecular weight is 241 g/mol. The zero-order valence-electron chi connectivity index (χ0n) is 7.08. The van der Waals surface area contributed by atoms with E-state index in [-0.39, 0.29) is 11.6 Å². The van der Waals surface area contributed by atoms with Crippen LogP contribution in [0.5, 0.6) is 0 Å². The van der Waals surface area contributed by atoms with Crippen LogP contribution in [0, 0.1) is 15.9 Å². The first kappa shape index (κ1) is 11.7. The van der Waals surface area contributed by atoms with E-state index in [1.54, 1.807) is 0 Å². The number of rotatable bonds is 3. The third-order valence-electron chi connectivity index (χ3n) is 1.57. The smallest absolute Gasteiger partial charge is 0.358 e. The molecule has 0 saturated carbocycles. The van der Waals surface area contributed by atoms with Gasteiger partial charge in [-0.2, -0.15) is 4.39 Å². The van der Waals surface area contributed by atoms with Crippen molar-refractivity contribution in [3.05, 3.63) is 33.3 Å². The van der Waals surface area contributed by atoms with E-state index in [2.05, 4.69) is 4.98 Å². The van der Waals surface area contributed by atoms with Crippen molar-refractivity contribution in [2.45, 2.75) is 12.3 Å². The van der Waals surface area contributed by atoms with E-state index in [1.807, 2.05) is 0 Å². The lowest BCUT2D eigenvalue weighted by Crippen LogP contribution is -2.03. The van der Waals surface area contributed by atoms with Crippen molar-refractivity contribution in [3.8, 4) is 0 Å². The van der Waals surface area contributed by atoms with Gasteiger partial charge in [0.1, 0.15) is 0 Å². The Morgan fingerprint density at radius 3 is 2.60 bits per heavy atom. The second-order valence-electron chi connectivity index (χ2n) is 2.53. The maximum Gasteiger partial charge on any atom is 0.400 e. The second kappa shape index (κ2) is 4.43. The number of hydrogen-bond donors (Lipinski definition) is 0. The number of hydrogen-bond acceptors (Lipinski definition) is 3. The minimum Gasteiger partial charge on any atom is -0.358 e. The van der Waals surface area contributed by atoms with Crippen LogP contribution in [0.4, 0.5) is 19.0 Å². The van der Waals surface area contributed by atoms with E-state index in [1.165, 1.54) is 0 Å². The Morgan fingerprint density at radius 2 is 2.20 bits per heavy atom. The van der Waals surface area contributed by atoms with Gasteiger partial charge in [-0.15, -0.1) is 11.6 Å². The molecule has 0 saturated heterocycles. The molecule has 0 radical (unpaired) electrons. The maximum atomic E-state index is 13.1. The molecule has 82 valence electrons. The SMILES string of the molecule is O=[N+]([O-])c1nc(CCl)cc(C(F)F)c1F. The van der Waals surface area contributed by atoms with Gasteiger partial charge in [0.2, 0.25) is 5.82 Å². The van der Waals surface area contributed by atoms with Gasteiger partial charge in [-0.05, 0) is 16.0 Å². The van der Waals surface area contributed by atoms with E-state index < -0.39 is 28.5 Å². The van der Waals surface area contributed by atoms with E-state index in [4.69, 9.17) is 11.6 Å². The molecule has 0 aliphatic carbocycles. The fraction of sp³-hybridized carbons (Fsp3) is 0.286. The lowest BCUT2D eigenvalue weighted by atomic mass is 10.2. The van der Waals surface area contributed by atoms with Gasteiger partial charge in [0.25, 0.3) is 6.43 Å². The van der Waals surface area contributed by atoms with Gasteiger partial charge < -0.3 is 10.1 Å². The number of nitro groups is 1. The summed E-state index contributed by atoms with van der Waals surface area (Å²) in [6.45, 7) is 0. The van der Waals surface area contributed by atoms with E-state index >= 15 is 0 Å². The number of nitrogens with zero attached hydrogens (tertiary/aromatic N) is 2. The molecule has 0 unspecified atom stereocenters. The molecule has 4 nitrogen and oxygen atoms in total. The average Bonchev–Trinajstić information content (AvgIpc) is 2.17. The summed E-state index contributed by atoms with van der Waals surface area (Å²) >= 11 is 5.28. The number of alkyl halides is 3. The zero-order valence-corrected chi connectivity index (χ0v) is 7.84. The third kappa shape index (κ3) is 2.35. The van der Waals surface area contributed by atoms with Gasteiger partial charge >= 0.3 is 5.82 Å². The van der Waals surface area contributed by atoms with E-state index in [9.17, 15) is 23.3 Å². The molecular weight excluding hydrogens is 237 g/mol. The third-order valence-corrected chi connectivity index (χ3v) is 1.84. The highest BCUT2D eigenvalue weighted by Crippen LogP contribution is 2.28. The lowest BCUT2D eigenvalue weighted by molar-refractivity contribution is -0.392. The molecule has 1 aromatic rings. The topological polar surface area (TPSA) is 56.0 Å². The molecular formula is C7H4ClF3N2O2. The zero-order chi connectivity index (χ0) is 11.6. The fourth-order valence-electron chi connectivity index (χ4n) is 0.938. The Morgan fingerprint density at radius 1 is 1.60 bits per heavy atom. The summed E-state index contributed by atoms with van der Waals surface area (Å²) in [6.07, 6.45) is -3.14. The van der Waals surface area contributed by atoms with Gasteiger partial charge in [0.15, 0.2) is 5.69 Å². The highest BCUT2D eigenvalue weighted by molar-refractivity contribution is 6.16. The van der Waals surface area contributed by atoms with Crippen molar-refractivity contribution >= 4 is 17.4 Å². The van der Waals surface area contributed by atoms with Gasteiger partial charge in [-0.1, -0.05) is 0 Å². The molecule has 8 heteroatoms. The Bertz CT molecular complexity index is 400. The van der Waals surface area contributed by atoms with Gasteiger partial charge in [0.05, 0.1) is 11.4 Å². The molecule has 0 bridgehead atoms. The molecule has 15 heavy (non-hydrogen) atoms. The van der Waals surface area contributed by atoms with Crippen molar-refractivity contribution in [2.75, 3.05) is 0 Å². The summed E-state index contributed by atoms with van der Waals surface area (Å²) in [7, 11) is 0. The van der Waals surface area contributed by atoms with Crippen molar-refractivity contribution in [1.82, 2.24) is 4.98 Å². The summed E-state index contributed by atoms with van der Waals surface area (Å²) in [5.74, 6) is -3.16. The Hall–Kier alpha value is -1.37. The van der Waals surface area contributed by atoms with Gasteiger partial charge in [-0.3, -0.25) is 0 Å². The van der Waals surface area contributed by atoms with Crippen LogP contribution in [0.15, 0.2) is 6.07 Å². The predicted molar refractivity (Wildman–Crippen MR) is 45.4 cm³/mol. The van der Waals surface area contributed by atoms with Crippen molar-refractivity contribution < 1.29 is 18.1 Å². The van der Waals surface area contributed by atoms with Crippen LogP contribution in [0.1, 0.15) is 17.7 Å². The minimum atomic E-state index is -3.14. The van der Waals surface area contributed by atoms with Crippen molar-refractivity contribution in [3.63, 3.8) is 0 Å². The van der Waals surface area contributed by atoms with Gasteiger partial charge in [0, 0.05) is 0 Å². The highest BCUT2D eigenvalue weighted by atomic mass is 35.5. The van der Waals surface area contributed by atoms with Crippen LogP contribution in [-0.4, -0.2) is 9.91 Å². The second-order valence-corrected chi connectivity index (χ2v) is 2.80. The predicted octanol–water partition coefficient (Wildman–Crippen LogP) is 2.81. The molecule has 0 amide bonds. The van der Waals surface area contributed by atoms with Gasteiger partial charge in [-0.25, -0.2) is 8.78 Å². The van der Waals surface area contributed by atoms with Crippen LogP contribution in [0.3, 0.4) is 0 Å². The Balaban J connectivity index is 3.40. The van der Waals surface area contributed by atoms with Crippen LogP contribution >= 0.6 is 11.6 Å². The number of halogens is 4. The summed E-state index contributed by atoms with van der Waals surface area (Å²) in [4.78, 5) is 12.3. The maximum absolute atomic E-state index is 13.1. The molecule has 1 heterocycles. The van der Waals surface area contributed by atoms with Crippen LogP contribution in [0.25, 0.3) is 0 Å². The standard InChI is InChI=1S/C7H4ClF3N2O2/c8-2-3-1-4(6(10)11)5(9)7(12-3)13(14)15/h1,6H,2H2. The van der Waals surface area contributed by atoms with Crippen LogP contribution in [0.2, 0.25) is 0 Å². The van der Waals surface area contributed by atoms with Crippen LogP contribution in [-0.2, 0) is 5.88 Å². The lowest BCUT2D eigenvalue weighted by Gasteiger charge is -2.02. The van der Waals surface area contributed by atoms with Crippen molar-refractivity contribution in [2.24, 2.45) is 0 Å². The largest absolute Gasteiger partial charge is 0.400 e. The normalized spacial score (nSPS) is 10.7. The first-order chi connectivity index (χ1) is 6.97. The molecule has 0 atom stereocenters. The Kier molecular flexibility index (Phi) is 3.46. The first-order valence-corrected chi connectivity index (χ1v) is 4.18. The van der Waals surface area contributed by atoms with Crippen LogP contribution < -0.4 is 0 Å². The molecule has 0 aromatic carbocycles. The molecule has 0 fully saturated rings. The minimum absolute atomic E-state index is 0.167.